The number of hydrogen-bond acceptors (Lipinski definition) is 2. The first-order valence-electron chi connectivity index (χ1n) is 5.30. The van der Waals surface area contributed by atoms with Crippen LogP contribution in [0.15, 0.2) is 30.6 Å². The van der Waals surface area contributed by atoms with Crippen molar-refractivity contribution < 1.29 is 5.11 Å². The summed E-state index contributed by atoms with van der Waals surface area (Å²) in [6, 6.07) is 5.37. The van der Waals surface area contributed by atoms with Crippen LogP contribution in [0.2, 0.25) is 10.0 Å². The molecule has 1 aromatic carbocycles. The maximum absolute atomic E-state index is 8.76. The van der Waals surface area contributed by atoms with Gasteiger partial charge in [-0.3, -0.25) is 0 Å². The Morgan fingerprint density at radius 1 is 1.24 bits per heavy atom. The predicted octanol–water partition coefficient (Wildman–Crippen LogP) is 3.10. The Morgan fingerprint density at radius 2 is 2.06 bits per heavy atom. The van der Waals surface area contributed by atoms with E-state index in [1.54, 1.807) is 23.0 Å². The van der Waals surface area contributed by atoms with Gasteiger partial charge in [0.15, 0.2) is 0 Å². The Hall–Kier alpha value is -1.03. The number of aryl methyl sites for hydroxylation is 1. The maximum Gasteiger partial charge on any atom is 0.0661 e. The number of nitrogens with zero attached hydrogens (tertiary/aromatic N) is 2. The minimum atomic E-state index is 0.192. The first-order chi connectivity index (χ1) is 8.20. The number of aliphatic hydroxyl groups is 1. The molecule has 2 rings (SSSR count). The van der Waals surface area contributed by atoms with E-state index in [4.69, 9.17) is 28.3 Å². The maximum atomic E-state index is 8.76. The lowest BCUT2D eigenvalue weighted by Gasteiger charge is -2.02. The number of halogens is 2. The lowest BCUT2D eigenvalue weighted by atomic mass is 10.2. The molecule has 0 saturated heterocycles. The summed E-state index contributed by atoms with van der Waals surface area (Å²) in [5, 5.41) is 14.0. The van der Waals surface area contributed by atoms with E-state index in [1.165, 1.54) is 0 Å². The standard InChI is InChI=1S/C12H12Cl2N2O/c13-11-4-3-10(6-12(11)14)16-8-9(7-15-16)2-1-5-17/h3-4,6-8,17H,1-2,5H2. The smallest absolute Gasteiger partial charge is 0.0661 e. The highest BCUT2D eigenvalue weighted by Crippen LogP contribution is 2.24. The van der Waals surface area contributed by atoms with Crippen molar-refractivity contribution in [2.75, 3.05) is 6.61 Å². The summed E-state index contributed by atoms with van der Waals surface area (Å²) in [7, 11) is 0. The molecule has 0 bridgehead atoms. The van der Waals surface area contributed by atoms with Crippen molar-refractivity contribution >= 4 is 23.2 Å². The Balaban J connectivity index is 2.21. The molecule has 2 aromatic rings. The first kappa shape index (κ1) is 12.4. The van der Waals surface area contributed by atoms with Gasteiger partial charge < -0.3 is 5.11 Å². The van der Waals surface area contributed by atoms with Gasteiger partial charge in [-0.05, 0) is 36.6 Å². The van der Waals surface area contributed by atoms with Crippen molar-refractivity contribution in [1.82, 2.24) is 9.78 Å². The second-order valence-electron chi connectivity index (χ2n) is 3.72. The highest BCUT2D eigenvalue weighted by Gasteiger charge is 2.03. The van der Waals surface area contributed by atoms with E-state index in [1.807, 2.05) is 12.3 Å². The third-order valence-electron chi connectivity index (χ3n) is 2.43. The van der Waals surface area contributed by atoms with Gasteiger partial charge in [0.25, 0.3) is 0 Å². The number of benzene rings is 1. The molecule has 0 saturated carbocycles. The third-order valence-corrected chi connectivity index (χ3v) is 3.17. The first-order valence-corrected chi connectivity index (χ1v) is 6.06. The van der Waals surface area contributed by atoms with Crippen LogP contribution in [-0.4, -0.2) is 21.5 Å². The van der Waals surface area contributed by atoms with E-state index in [2.05, 4.69) is 5.10 Å². The van der Waals surface area contributed by atoms with Crippen LogP contribution in [0.3, 0.4) is 0 Å². The van der Waals surface area contributed by atoms with Gasteiger partial charge in [0, 0.05) is 12.8 Å². The molecule has 0 unspecified atom stereocenters. The summed E-state index contributed by atoms with van der Waals surface area (Å²) in [6.45, 7) is 0.192. The second kappa shape index (κ2) is 5.54. The number of hydrogen-bond donors (Lipinski definition) is 1. The van der Waals surface area contributed by atoms with Gasteiger partial charge in [0.05, 0.1) is 21.9 Å². The molecule has 1 aromatic heterocycles. The summed E-state index contributed by atoms with van der Waals surface area (Å²) in [4.78, 5) is 0. The third kappa shape index (κ3) is 3.00. The van der Waals surface area contributed by atoms with Crippen LogP contribution >= 0.6 is 23.2 Å². The van der Waals surface area contributed by atoms with Gasteiger partial charge in [-0.25, -0.2) is 4.68 Å². The molecular formula is C12H12Cl2N2O. The molecule has 5 heteroatoms. The van der Waals surface area contributed by atoms with Crippen LogP contribution < -0.4 is 0 Å². The lowest BCUT2D eigenvalue weighted by Crippen LogP contribution is -1.94. The average molecular weight is 271 g/mol. The van der Waals surface area contributed by atoms with E-state index >= 15 is 0 Å². The number of aliphatic hydroxyl groups excluding tert-OH is 1. The molecule has 1 N–H and O–H groups in total. The van der Waals surface area contributed by atoms with Gasteiger partial charge in [-0.15, -0.1) is 0 Å². The van der Waals surface area contributed by atoms with Crippen molar-refractivity contribution in [3.8, 4) is 5.69 Å². The van der Waals surface area contributed by atoms with Crippen LogP contribution in [0, 0.1) is 0 Å². The van der Waals surface area contributed by atoms with Gasteiger partial charge in [0.2, 0.25) is 0 Å². The molecule has 1 heterocycles. The molecule has 0 radical (unpaired) electrons. The molecule has 0 atom stereocenters. The zero-order valence-electron chi connectivity index (χ0n) is 9.11. The summed E-state index contributed by atoms with van der Waals surface area (Å²) in [6.07, 6.45) is 5.28. The molecule has 0 fully saturated rings. The van der Waals surface area contributed by atoms with Crippen LogP contribution in [0.4, 0.5) is 0 Å². The summed E-state index contributed by atoms with van der Waals surface area (Å²) in [5.41, 5.74) is 1.96. The fraction of sp³-hybridized carbons (Fsp3) is 0.250. The Morgan fingerprint density at radius 3 is 2.76 bits per heavy atom. The van der Waals surface area contributed by atoms with Gasteiger partial charge in [-0.2, -0.15) is 5.10 Å². The highest BCUT2D eigenvalue weighted by molar-refractivity contribution is 6.42. The number of aromatic nitrogens is 2. The van der Waals surface area contributed by atoms with E-state index in [9.17, 15) is 0 Å². The Bertz CT molecular complexity index is 511. The summed E-state index contributed by atoms with van der Waals surface area (Å²) in [5.74, 6) is 0. The fourth-order valence-corrected chi connectivity index (χ4v) is 1.83. The minimum absolute atomic E-state index is 0.192. The largest absolute Gasteiger partial charge is 0.396 e. The summed E-state index contributed by atoms with van der Waals surface area (Å²) >= 11 is 11.8. The topological polar surface area (TPSA) is 38.1 Å². The van der Waals surface area contributed by atoms with E-state index in [-0.39, 0.29) is 6.61 Å². The van der Waals surface area contributed by atoms with Crippen molar-refractivity contribution in [3.63, 3.8) is 0 Å². The van der Waals surface area contributed by atoms with Crippen molar-refractivity contribution in [3.05, 3.63) is 46.2 Å². The lowest BCUT2D eigenvalue weighted by molar-refractivity contribution is 0.288. The average Bonchev–Trinajstić information content (AvgIpc) is 2.79. The predicted molar refractivity (Wildman–Crippen MR) is 69.0 cm³/mol. The highest BCUT2D eigenvalue weighted by atomic mass is 35.5. The molecule has 90 valence electrons. The molecule has 3 nitrogen and oxygen atoms in total. The Labute approximate surface area is 110 Å². The van der Waals surface area contributed by atoms with Crippen LogP contribution in [0.5, 0.6) is 0 Å². The Kier molecular flexibility index (Phi) is 4.05. The van der Waals surface area contributed by atoms with E-state index < -0.39 is 0 Å². The van der Waals surface area contributed by atoms with Gasteiger partial charge in [-0.1, -0.05) is 23.2 Å². The molecule has 0 aliphatic heterocycles. The molecule has 0 amide bonds. The molecule has 0 aliphatic rings. The summed E-state index contributed by atoms with van der Waals surface area (Å²) < 4.78 is 1.74. The monoisotopic (exact) mass is 270 g/mol. The van der Waals surface area contributed by atoms with Crippen molar-refractivity contribution in [2.45, 2.75) is 12.8 Å². The van der Waals surface area contributed by atoms with Crippen LogP contribution in [0.1, 0.15) is 12.0 Å². The van der Waals surface area contributed by atoms with Crippen LogP contribution in [0.25, 0.3) is 5.69 Å². The number of rotatable bonds is 4. The van der Waals surface area contributed by atoms with Gasteiger partial charge >= 0.3 is 0 Å². The van der Waals surface area contributed by atoms with E-state index in [0.29, 0.717) is 10.0 Å². The molecule has 0 aliphatic carbocycles. The van der Waals surface area contributed by atoms with Crippen LogP contribution in [-0.2, 0) is 6.42 Å². The zero-order chi connectivity index (χ0) is 12.3. The van der Waals surface area contributed by atoms with Gasteiger partial charge in [0.1, 0.15) is 0 Å². The molecule has 0 spiro atoms. The molecule has 17 heavy (non-hydrogen) atoms. The molecular weight excluding hydrogens is 259 g/mol. The van der Waals surface area contributed by atoms with Crippen molar-refractivity contribution in [2.24, 2.45) is 0 Å². The SMILES string of the molecule is OCCCc1cnn(-c2ccc(Cl)c(Cl)c2)c1. The minimum Gasteiger partial charge on any atom is -0.396 e. The second-order valence-corrected chi connectivity index (χ2v) is 4.53. The normalized spacial score (nSPS) is 10.8. The quantitative estimate of drug-likeness (QED) is 0.927. The zero-order valence-corrected chi connectivity index (χ0v) is 10.6. The van der Waals surface area contributed by atoms with Crippen molar-refractivity contribution in [1.29, 1.82) is 0 Å². The van der Waals surface area contributed by atoms with E-state index in [0.717, 1.165) is 24.1 Å². The fourth-order valence-electron chi connectivity index (χ4n) is 1.54.